The highest BCUT2D eigenvalue weighted by Crippen LogP contribution is 2.14. The highest BCUT2D eigenvalue weighted by atomic mass is 32.2. The number of nitrogens with zero attached hydrogens (tertiary/aromatic N) is 2. The molecule has 0 bridgehead atoms. The second-order valence-corrected chi connectivity index (χ2v) is 8.82. The van der Waals surface area contributed by atoms with Crippen molar-refractivity contribution >= 4 is 21.7 Å². The standard InChI is InChI=1S/C18H21N3O5S/c1-12-7-9-19-21(12)16-5-3-14(4-6-16)18(23)26-13(2)17(22)20-15-8-10-27(24,25)11-15/h3-7,9,13,15H,8,10-11H2,1-2H3,(H,20,22)/t13-,15+/m0/s1. The van der Waals surface area contributed by atoms with Crippen molar-refractivity contribution in [1.29, 1.82) is 0 Å². The number of esters is 1. The lowest BCUT2D eigenvalue weighted by atomic mass is 10.2. The normalized spacial score (nSPS) is 19.4. The Morgan fingerprint density at radius 2 is 1.96 bits per heavy atom. The highest BCUT2D eigenvalue weighted by Gasteiger charge is 2.30. The van der Waals surface area contributed by atoms with Gasteiger partial charge in [-0.25, -0.2) is 17.9 Å². The van der Waals surface area contributed by atoms with Crippen LogP contribution in [0.15, 0.2) is 36.5 Å². The number of sulfone groups is 1. The number of hydrogen-bond donors (Lipinski definition) is 1. The van der Waals surface area contributed by atoms with Crippen LogP contribution in [0.25, 0.3) is 5.69 Å². The van der Waals surface area contributed by atoms with E-state index in [0.29, 0.717) is 12.0 Å². The molecule has 2 atom stereocenters. The molecule has 1 aromatic heterocycles. The number of benzene rings is 1. The quantitative estimate of drug-likeness (QED) is 0.763. The third-order valence-electron chi connectivity index (χ3n) is 4.41. The number of rotatable bonds is 5. The fourth-order valence-corrected chi connectivity index (χ4v) is 4.56. The summed E-state index contributed by atoms with van der Waals surface area (Å²) in [5.41, 5.74) is 2.08. The van der Waals surface area contributed by atoms with Gasteiger partial charge >= 0.3 is 5.97 Å². The molecule has 1 aliphatic rings. The Morgan fingerprint density at radius 1 is 1.26 bits per heavy atom. The summed E-state index contributed by atoms with van der Waals surface area (Å²) in [5, 5.41) is 6.81. The molecule has 1 aromatic carbocycles. The maximum atomic E-state index is 12.2. The zero-order valence-corrected chi connectivity index (χ0v) is 15.9. The molecule has 0 saturated carbocycles. The molecule has 0 unspecified atom stereocenters. The molecule has 27 heavy (non-hydrogen) atoms. The van der Waals surface area contributed by atoms with Crippen LogP contribution < -0.4 is 5.32 Å². The van der Waals surface area contributed by atoms with E-state index >= 15 is 0 Å². The van der Waals surface area contributed by atoms with Crippen molar-refractivity contribution in [2.75, 3.05) is 11.5 Å². The van der Waals surface area contributed by atoms with Gasteiger partial charge in [-0.2, -0.15) is 5.10 Å². The summed E-state index contributed by atoms with van der Waals surface area (Å²) in [5.74, 6) is -1.14. The van der Waals surface area contributed by atoms with Gasteiger partial charge in [0.2, 0.25) is 0 Å². The van der Waals surface area contributed by atoms with Crippen LogP contribution >= 0.6 is 0 Å². The van der Waals surface area contributed by atoms with Crippen molar-refractivity contribution in [2.45, 2.75) is 32.4 Å². The van der Waals surface area contributed by atoms with Crippen molar-refractivity contribution in [3.8, 4) is 5.69 Å². The molecule has 1 saturated heterocycles. The monoisotopic (exact) mass is 391 g/mol. The average Bonchev–Trinajstić information content (AvgIpc) is 3.19. The average molecular weight is 391 g/mol. The summed E-state index contributed by atoms with van der Waals surface area (Å²) in [6.45, 7) is 3.38. The maximum absolute atomic E-state index is 12.2. The molecule has 1 amide bonds. The van der Waals surface area contributed by atoms with Crippen LogP contribution in [0.1, 0.15) is 29.4 Å². The number of carbonyl (C=O) groups is 2. The summed E-state index contributed by atoms with van der Waals surface area (Å²) >= 11 is 0. The van der Waals surface area contributed by atoms with Crippen LogP contribution in [-0.2, 0) is 19.4 Å². The topological polar surface area (TPSA) is 107 Å². The van der Waals surface area contributed by atoms with Crippen molar-refractivity contribution < 1.29 is 22.7 Å². The van der Waals surface area contributed by atoms with E-state index in [0.717, 1.165) is 11.4 Å². The predicted octanol–water partition coefficient (Wildman–Crippen LogP) is 1.03. The zero-order chi connectivity index (χ0) is 19.6. The fourth-order valence-electron chi connectivity index (χ4n) is 2.89. The molecule has 1 fully saturated rings. The minimum absolute atomic E-state index is 0.0637. The minimum Gasteiger partial charge on any atom is -0.449 e. The molecule has 144 valence electrons. The molecule has 1 aliphatic heterocycles. The molecule has 3 rings (SSSR count). The van der Waals surface area contributed by atoms with E-state index in [1.54, 1.807) is 35.1 Å². The molecule has 8 nitrogen and oxygen atoms in total. The molecule has 1 N–H and O–H groups in total. The number of amides is 1. The van der Waals surface area contributed by atoms with E-state index in [1.807, 2.05) is 13.0 Å². The third-order valence-corrected chi connectivity index (χ3v) is 6.18. The molecule has 0 radical (unpaired) electrons. The van der Waals surface area contributed by atoms with Gasteiger partial charge in [-0.05, 0) is 50.6 Å². The van der Waals surface area contributed by atoms with Gasteiger partial charge in [0, 0.05) is 17.9 Å². The molecule has 2 aromatic rings. The maximum Gasteiger partial charge on any atom is 0.338 e. The number of carbonyl (C=O) groups excluding carboxylic acids is 2. The first kappa shape index (κ1) is 19.1. The van der Waals surface area contributed by atoms with Gasteiger partial charge in [-0.3, -0.25) is 4.79 Å². The zero-order valence-electron chi connectivity index (χ0n) is 15.1. The van der Waals surface area contributed by atoms with Crippen LogP contribution in [0.5, 0.6) is 0 Å². The van der Waals surface area contributed by atoms with Gasteiger partial charge in [0.25, 0.3) is 5.91 Å². The van der Waals surface area contributed by atoms with Crippen molar-refractivity contribution in [3.05, 3.63) is 47.8 Å². The predicted molar refractivity (Wildman–Crippen MR) is 98.4 cm³/mol. The SMILES string of the molecule is Cc1ccnn1-c1ccc(C(=O)O[C@@H](C)C(=O)N[C@@H]2CCS(=O)(=O)C2)cc1. The molecular weight excluding hydrogens is 370 g/mol. The Morgan fingerprint density at radius 3 is 2.52 bits per heavy atom. The van der Waals surface area contributed by atoms with Gasteiger partial charge in [-0.1, -0.05) is 0 Å². The van der Waals surface area contributed by atoms with Crippen LogP contribution in [0.3, 0.4) is 0 Å². The van der Waals surface area contributed by atoms with Gasteiger partial charge in [0.15, 0.2) is 15.9 Å². The fraction of sp³-hybridized carbons (Fsp3) is 0.389. The van der Waals surface area contributed by atoms with Crippen molar-refractivity contribution in [3.63, 3.8) is 0 Å². The summed E-state index contributed by atoms with van der Waals surface area (Å²) in [4.78, 5) is 24.4. The van der Waals surface area contributed by atoms with E-state index < -0.39 is 33.9 Å². The van der Waals surface area contributed by atoms with Gasteiger partial charge in [0.05, 0.1) is 22.8 Å². The van der Waals surface area contributed by atoms with Gasteiger partial charge in [-0.15, -0.1) is 0 Å². The van der Waals surface area contributed by atoms with Crippen LogP contribution in [0.4, 0.5) is 0 Å². The van der Waals surface area contributed by atoms with E-state index in [4.69, 9.17) is 4.74 Å². The van der Waals surface area contributed by atoms with E-state index in [-0.39, 0.29) is 11.5 Å². The first-order valence-corrected chi connectivity index (χ1v) is 10.4. The third kappa shape index (κ3) is 4.54. The van der Waals surface area contributed by atoms with Gasteiger partial charge < -0.3 is 10.1 Å². The summed E-state index contributed by atoms with van der Waals surface area (Å²) < 4.78 is 29.8. The Balaban J connectivity index is 1.58. The molecule has 9 heteroatoms. The Kier molecular flexibility index (Phi) is 5.31. The van der Waals surface area contributed by atoms with E-state index in [2.05, 4.69) is 10.4 Å². The Bertz CT molecular complexity index is 950. The van der Waals surface area contributed by atoms with Crippen molar-refractivity contribution in [2.24, 2.45) is 0 Å². The number of hydrogen-bond acceptors (Lipinski definition) is 6. The lowest BCUT2D eigenvalue weighted by Crippen LogP contribution is -2.42. The number of aryl methyl sites for hydroxylation is 1. The lowest BCUT2D eigenvalue weighted by molar-refractivity contribution is -0.129. The largest absolute Gasteiger partial charge is 0.449 e. The van der Waals surface area contributed by atoms with E-state index in [9.17, 15) is 18.0 Å². The minimum atomic E-state index is -3.09. The Hall–Kier alpha value is -2.68. The summed E-state index contributed by atoms with van der Waals surface area (Å²) in [6, 6.07) is 8.13. The number of ether oxygens (including phenoxy) is 1. The smallest absolute Gasteiger partial charge is 0.338 e. The van der Waals surface area contributed by atoms with Crippen LogP contribution in [0, 0.1) is 6.92 Å². The Labute approximate surface area is 157 Å². The van der Waals surface area contributed by atoms with Crippen LogP contribution in [-0.4, -0.2) is 53.7 Å². The lowest BCUT2D eigenvalue weighted by Gasteiger charge is -2.16. The molecule has 2 heterocycles. The highest BCUT2D eigenvalue weighted by molar-refractivity contribution is 7.91. The second kappa shape index (κ2) is 7.51. The second-order valence-electron chi connectivity index (χ2n) is 6.59. The number of nitrogens with one attached hydrogen (secondary N) is 1. The molecule has 0 aliphatic carbocycles. The number of aromatic nitrogens is 2. The van der Waals surface area contributed by atoms with Crippen LogP contribution in [0.2, 0.25) is 0 Å². The first-order chi connectivity index (χ1) is 12.7. The van der Waals surface area contributed by atoms with Crippen molar-refractivity contribution in [1.82, 2.24) is 15.1 Å². The summed E-state index contributed by atoms with van der Waals surface area (Å²) in [7, 11) is -3.09. The van der Waals surface area contributed by atoms with E-state index in [1.165, 1.54) is 6.92 Å². The molecule has 0 spiro atoms. The first-order valence-electron chi connectivity index (χ1n) is 8.58. The van der Waals surface area contributed by atoms with Gasteiger partial charge in [0.1, 0.15) is 0 Å². The molecular formula is C18H21N3O5S. The summed E-state index contributed by atoms with van der Waals surface area (Å²) in [6.07, 6.45) is 1.05.